The van der Waals surface area contributed by atoms with Crippen molar-refractivity contribution in [1.82, 2.24) is 24.9 Å². The van der Waals surface area contributed by atoms with E-state index in [0.29, 0.717) is 28.6 Å². The molecule has 0 fully saturated rings. The molecule has 0 saturated heterocycles. The van der Waals surface area contributed by atoms with E-state index >= 15 is 0 Å². The van der Waals surface area contributed by atoms with Crippen molar-refractivity contribution in [3.8, 4) is 11.3 Å². The van der Waals surface area contributed by atoms with Crippen molar-refractivity contribution in [3.05, 3.63) is 78.1 Å². The number of nitrogens with zero attached hydrogens (tertiary/aromatic N) is 5. The summed E-state index contributed by atoms with van der Waals surface area (Å²) in [5, 5.41) is 8.54. The number of aryl methyl sites for hydroxylation is 1. The second-order valence-electron chi connectivity index (χ2n) is 7.36. The van der Waals surface area contributed by atoms with Crippen LogP contribution in [-0.2, 0) is 6.18 Å². The Kier molecular flexibility index (Phi) is 6.53. The van der Waals surface area contributed by atoms with Crippen LogP contribution in [0.15, 0.2) is 61.4 Å². The van der Waals surface area contributed by atoms with Crippen molar-refractivity contribution < 1.29 is 18.0 Å². The van der Waals surface area contributed by atoms with Gasteiger partial charge in [0.2, 0.25) is 0 Å². The van der Waals surface area contributed by atoms with E-state index < -0.39 is 17.6 Å². The molecule has 0 spiro atoms. The lowest BCUT2D eigenvalue weighted by molar-refractivity contribution is -0.137. The number of carbonyl (C=O) groups is 1. The molecule has 0 aliphatic carbocycles. The Balaban J connectivity index is 1.60. The monoisotopic (exact) mass is 480 g/mol. The Hall–Kier alpha value is -4.61. The molecule has 0 bridgehead atoms. The standard InChI is InChI=1S/C23H19F3N8O/c1-13-3-4-14(22(35)34-20-8-15(5-6-29-20)23(24,25)26)7-17(13)33-21-16(10-28-11-32-21)18-9-19(27-2)31-12-30-18/h3-12H,1-2H3,(H,27,30,31)(H,28,32,33)(H,29,34,35). The summed E-state index contributed by atoms with van der Waals surface area (Å²) < 4.78 is 38.9. The highest BCUT2D eigenvalue weighted by atomic mass is 19.4. The summed E-state index contributed by atoms with van der Waals surface area (Å²) in [6, 6.07) is 8.20. The Morgan fingerprint density at radius 1 is 0.943 bits per heavy atom. The molecule has 0 atom stereocenters. The SMILES string of the molecule is CNc1cc(-c2cncnc2Nc2cc(C(=O)Nc3cc(C(F)(F)F)ccn3)ccc2C)ncn1. The fourth-order valence-corrected chi connectivity index (χ4v) is 3.15. The summed E-state index contributed by atoms with van der Waals surface area (Å²) in [5.74, 6) is 0.239. The number of hydrogen-bond donors (Lipinski definition) is 3. The lowest BCUT2D eigenvalue weighted by Gasteiger charge is -2.14. The minimum absolute atomic E-state index is 0.206. The van der Waals surface area contributed by atoms with Crippen LogP contribution in [0.5, 0.6) is 0 Å². The highest BCUT2D eigenvalue weighted by Crippen LogP contribution is 2.31. The van der Waals surface area contributed by atoms with Gasteiger partial charge in [0, 0.05) is 36.8 Å². The number of alkyl halides is 3. The highest BCUT2D eigenvalue weighted by molar-refractivity contribution is 6.04. The van der Waals surface area contributed by atoms with Crippen molar-refractivity contribution in [2.75, 3.05) is 23.0 Å². The first-order valence-corrected chi connectivity index (χ1v) is 10.3. The molecule has 3 heterocycles. The molecule has 0 aliphatic heterocycles. The van der Waals surface area contributed by atoms with Gasteiger partial charge < -0.3 is 16.0 Å². The Bertz CT molecular complexity index is 1380. The third kappa shape index (κ3) is 5.49. The van der Waals surface area contributed by atoms with Gasteiger partial charge in [-0.05, 0) is 36.8 Å². The Morgan fingerprint density at radius 2 is 1.77 bits per heavy atom. The van der Waals surface area contributed by atoms with Crippen LogP contribution in [0.25, 0.3) is 11.3 Å². The average Bonchev–Trinajstić information content (AvgIpc) is 2.85. The van der Waals surface area contributed by atoms with Crippen LogP contribution >= 0.6 is 0 Å². The second-order valence-corrected chi connectivity index (χ2v) is 7.36. The van der Waals surface area contributed by atoms with E-state index in [-0.39, 0.29) is 11.4 Å². The number of amides is 1. The fraction of sp³-hybridized carbons (Fsp3) is 0.130. The number of anilines is 4. The maximum absolute atomic E-state index is 13.0. The molecule has 12 heteroatoms. The molecule has 178 valence electrons. The summed E-state index contributed by atoms with van der Waals surface area (Å²) in [4.78, 5) is 33.3. The zero-order chi connectivity index (χ0) is 25.0. The molecular formula is C23H19F3N8O. The molecule has 1 aromatic carbocycles. The summed E-state index contributed by atoms with van der Waals surface area (Å²) in [5.41, 5.74) is 1.87. The molecule has 0 radical (unpaired) electrons. The lowest BCUT2D eigenvalue weighted by Crippen LogP contribution is -2.15. The molecule has 0 unspecified atom stereocenters. The third-order valence-corrected chi connectivity index (χ3v) is 4.99. The molecule has 3 N–H and O–H groups in total. The Morgan fingerprint density at radius 3 is 2.54 bits per heavy atom. The largest absolute Gasteiger partial charge is 0.416 e. The fourth-order valence-electron chi connectivity index (χ4n) is 3.15. The van der Waals surface area contributed by atoms with E-state index in [0.717, 1.165) is 23.9 Å². The zero-order valence-electron chi connectivity index (χ0n) is 18.6. The third-order valence-electron chi connectivity index (χ3n) is 4.99. The quantitative estimate of drug-likeness (QED) is 0.364. The van der Waals surface area contributed by atoms with E-state index in [1.54, 1.807) is 37.5 Å². The maximum Gasteiger partial charge on any atom is 0.416 e. The highest BCUT2D eigenvalue weighted by Gasteiger charge is 2.30. The molecular weight excluding hydrogens is 461 g/mol. The summed E-state index contributed by atoms with van der Waals surface area (Å²) in [6.07, 6.45) is 0.829. The predicted octanol–water partition coefficient (Wildman–Crippen LogP) is 4.69. The van der Waals surface area contributed by atoms with Gasteiger partial charge in [0.15, 0.2) is 0 Å². The van der Waals surface area contributed by atoms with Crippen molar-refractivity contribution >= 4 is 29.0 Å². The number of hydrogen-bond acceptors (Lipinski definition) is 8. The van der Waals surface area contributed by atoms with Crippen molar-refractivity contribution in [2.24, 2.45) is 0 Å². The summed E-state index contributed by atoms with van der Waals surface area (Å²) >= 11 is 0. The van der Waals surface area contributed by atoms with Crippen LogP contribution in [0, 0.1) is 6.92 Å². The molecule has 0 aliphatic rings. The van der Waals surface area contributed by atoms with Crippen molar-refractivity contribution in [1.29, 1.82) is 0 Å². The van der Waals surface area contributed by atoms with Gasteiger partial charge in [-0.2, -0.15) is 13.2 Å². The number of nitrogens with one attached hydrogen (secondary N) is 3. The first kappa shape index (κ1) is 23.5. The first-order valence-electron chi connectivity index (χ1n) is 10.3. The number of aromatic nitrogens is 5. The van der Waals surface area contributed by atoms with Gasteiger partial charge in [0.25, 0.3) is 5.91 Å². The van der Waals surface area contributed by atoms with E-state index in [9.17, 15) is 18.0 Å². The van der Waals surface area contributed by atoms with Gasteiger partial charge in [-0.15, -0.1) is 0 Å². The number of pyridine rings is 1. The molecule has 4 rings (SSSR count). The van der Waals surface area contributed by atoms with E-state index in [2.05, 4.69) is 40.9 Å². The van der Waals surface area contributed by atoms with Crippen molar-refractivity contribution in [2.45, 2.75) is 13.1 Å². The number of rotatable bonds is 6. The molecule has 35 heavy (non-hydrogen) atoms. The molecule has 9 nitrogen and oxygen atoms in total. The van der Waals surface area contributed by atoms with Gasteiger partial charge in [0.05, 0.1) is 16.8 Å². The molecule has 3 aromatic heterocycles. The van der Waals surface area contributed by atoms with E-state index in [4.69, 9.17) is 0 Å². The van der Waals surface area contributed by atoms with Crippen LogP contribution in [0.1, 0.15) is 21.5 Å². The average molecular weight is 480 g/mol. The zero-order valence-corrected chi connectivity index (χ0v) is 18.6. The topological polar surface area (TPSA) is 118 Å². The number of benzene rings is 1. The second kappa shape index (κ2) is 9.71. The van der Waals surface area contributed by atoms with E-state index in [1.807, 2.05) is 6.92 Å². The predicted molar refractivity (Wildman–Crippen MR) is 124 cm³/mol. The van der Waals surface area contributed by atoms with Crippen LogP contribution in [-0.4, -0.2) is 37.9 Å². The van der Waals surface area contributed by atoms with Crippen LogP contribution in [0.3, 0.4) is 0 Å². The van der Waals surface area contributed by atoms with Crippen LogP contribution < -0.4 is 16.0 Å². The van der Waals surface area contributed by atoms with Gasteiger partial charge in [-0.25, -0.2) is 24.9 Å². The number of halogens is 3. The molecule has 4 aromatic rings. The maximum atomic E-state index is 13.0. The molecule has 1 amide bonds. The van der Waals surface area contributed by atoms with Gasteiger partial charge in [-0.1, -0.05) is 6.07 Å². The van der Waals surface area contributed by atoms with Crippen molar-refractivity contribution in [3.63, 3.8) is 0 Å². The first-order chi connectivity index (χ1) is 16.7. The molecule has 0 saturated carbocycles. The minimum Gasteiger partial charge on any atom is -0.373 e. The minimum atomic E-state index is -4.55. The normalized spacial score (nSPS) is 11.1. The van der Waals surface area contributed by atoms with Crippen LogP contribution in [0.4, 0.5) is 36.3 Å². The van der Waals surface area contributed by atoms with Gasteiger partial charge in [-0.3, -0.25) is 4.79 Å². The van der Waals surface area contributed by atoms with Gasteiger partial charge >= 0.3 is 6.18 Å². The smallest absolute Gasteiger partial charge is 0.373 e. The van der Waals surface area contributed by atoms with Gasteiger partial charge in [0.1, 0.15) is 30.1 Å². The summed E-state index contributed by atoms with van der Waals surface area (Å²) in [7, 11) is 1.74. The van der Waals surface area contributed by atoms with Crippen LogP contribution in [0.2, 0.25) is 0 Å². The van der Waals surface area contributed by atoms with E-state index in [1.165, 1.54) is 12.7 Å². The Labute approximate surface area is 197 Å². The number of carbonyl (C=O) groups excluding carboxylic acids is 1. The summed E-state index contributed by atoms with van der Waals surface area (Å²) in [6.45, 7) is 1.84. The lowest BCUT2D eigenvalue weighted by atomic mass is 10.1.